The summed E-state index contributed by atoms with van der Waals surface area (Å²) in [5.41, 5.74) is -1.36. The lowest BCUT2D eigenvalue weighted by Gasteiger charge is -2.17. The quantitative estimate of drug-likeness (QED) is 0.548. The van der Waals surface area contributed by atoms with E-state index in [4.69, 9.17) is 4.74 Å². The number of anilines is 1. The smallest absolute Gasteiger partial charge is 0.416 e. The van der Waals surface area contributed by atoms with E-state index in [1.165, 1.54) is 14.0 Å². The maximum atomic E-state index is 12.8. The molecule has 0 aromatic heterocycles. The fourth-order valence-corrected chi connectivity index (χ4v) is 2.46. The summed E-state index contributed by atoms with van der Waals surface area (Å²) >= 11 is 0. The van der Waals surface area contributed by atoms with Gasteiger partial charge in [-0.15, -0.1) is 0 Å². The number of benzene rings is 2. The van der Waals surface area contributed by atoms with Crippen LogP contribution in [0.4, 0.5) is 24.5 Å². The van der Waals surface area contributed by atoms with Crippen molar-refractivity contribution in [2.75, 3.05) is 12.4 Å². The molecule has 2 N–H and O–H groups in total. The summed E-state index contributed by atoms with van der Waals surface area (Å²) in [7, 11) is 1.49. The number of amides is 1. The summed E-state index contributed by atoms with van der Waals surface area (Å²) in [5.74, 6) is 0.0990. The van der Waals surface area contributed by atoms with Crippen molar-refractivity contribution in [3.8, 4) is 5.75 Å². The average molecular weight is 397 g/mol. The topological polar surface area (TPSA) is 93.5 Å². The van der Waals surface area contributed by atoms with Crippen LogP contribution in [0.1, 0.15) is 18.1 Å². The van der Waals surface area contributed by atoms with Gasteiger partial charge in [0.2, 0.25) is 5.91 Å². The van der Waals surface area contributed by atoms with Crippen molar-refractivity contribution < 1.29 is 27.6 Å². The largest absolute Gasteiger partial charge is 0.496 e. The molecule has 1 amide bonds. The van der Waals surface area contributed by atoms with Gasteiger partial charge < -0.3 is 15.4 Å². The maximum Gasteiger partial charge on any atom is 0.416 e. The monoisotopic (exact) mass is 397 g/mol. The number of hydrogen-bond donors (Lipinski definition) is 2. The molecule has 2 rings (SSSR count). The van der Waals surface area contributed by atoms with Gasteiger partial charge in [-0.2, -0.15) is 13.2 Å². The number of ether oxygens (including phenoxy) is 1. The molecule has 2 aromatic rings. The van der Waals surface area contributed by atoms with E-state index < -0.39 is 34.3 Å². The van der Waals surface area contributed by atoms with Crippen molar-refractivity contribution in [3.63, 3.8) is 0 Å². The predicted octanol–water partition coefficient (Wildman–Crippen LogP) is 3.74. The molecule has 150 valence electrons. The van der Waals surface area contributed by atoms with Crippen LogP contribution in [-0.2, 0) is 17.5 Å². The summed E-state index contributed by atoms with van der Waals surface area (Å²) in [4.78, 5) is 22.4. The number of carbonyl (C=O) groups is 1. The SMILES string of the molecule is COc1ccccc1CNC(=O)C(C)Nc1ccc(C(F)(F)F)cc1[N+](=O)[O-]. The van der Waals surface area contributed by atoms with Crippen LogP contribution < -0.4 is 15.4 Å². The van der Waals surface area contributed by atoms with Crippen molar-refractivity contribution in [2.24, 2.45) is 0 Å². The normalized spacial score (nSPS) is 12.2. The second-order valence-electron chi connectivity index (χ2n) is 5.88. The van der Waals surface area contributed by atoms with Crippen molar-refractivity contribution in [2.45, 2.75) is 25.7 Å². The molecule has 0 bridgehead atoms. The van der Waals surface area contributed by atoms with Gasteiger partial charge >= 0.3 is 6.18 Å². The Balaban J connectivity index is 2.10. The highest BCUT2D eigenvalue weighted by Crippen LogP contribution is 2.35. The van der Waals surface area contributed by atoms with Crippen molar-refractivity contribution in [3.05, 3.63) is 63.7 Å². The lowest BCUT2D eigenvalue weighted by atomic mass is 10.1. The minimum atomic E-state index is -4.71. The van der Waals surface area contributed by atoms with Crippen LogP contribution in [0.25, 0.3) is 0 Å². The van der Waals surface area contributed by atoms with Crippen molar-refractivity contribution in [1.29, 1.82) is 0 Å². The molecule has 0 spiro atoms. The highest BCUT2D eigenvalue weighted by atomic mass is 19.4. The number of hydrogen-bond acceptors (Lipinski definition) is 5. The standard InChI is InChI=1S/C18H18F3N3O4/c1-11(17(25)22-10-12-5-3-4-6-16(12)28-2)23-14-8-7-13(18(19,20)21)9-15(14)24(26)27/h3-9,11,23H,10H2,1-2H3,(H,22,25). The average Bonchev–Trinajstić information content (AvgIpc) is 2.65. The number of nitrogens with one attached hydrogen (secondary N) is 2. The van der Waals surface area contributed by atoms with E-state index in [1.54, 1.807) is 24.3 Å². The highest BCUT2D eigenvalue weighted by Gasteiger charge is 2.33. The zero-order valence-electron chi connectivity index (χ0n) is 15.0. The van der Waals surface area contributed by atoms with Crippen LogP contribution in [0.3, 0.4) is 0 Å². The summed E-state index contributed by atoms with van der Waals surface area (Å²) in [6, 6.07) is 8.20. The number of rotatable bonds is 7. The molecule has 0 radical (unpaired) electrons. The first-order valence-electron chi connectivity index (χ1n) is 8.15. The van der Waals surface area contributed by atoms with E-state index in [0.29, 0.717) is 11.8 Å². The van der Waals surface area contributed by atoms with Gasteiger partial charge in [0.05, 0.1) is 17.6 Å². The van der Waals surface area contributed by atoms with E-state index in [-0.39, 0.29) is 12.2 Å². The van der Waals surface area contributed by atoms with Crippen LogP contribution in [0.2, 0.25) is 0 Å². The van der Waals surface area contributed by atoms with Crippen LogP contribution in [-0.4, -0.2) is 24.0 Å². The first kappa shape index (κ1) is 21.0. The van der Waals surface area contributed by atoms with Gasteiger partial charge in [0.15, 0.2) is 0 Å². The van der Waals surface area contributed by atoms with Gasteiger partial charge in [0.1, 0.15) is 17.5 Å². The van der Waals surface area contributed by atoms with E-state index in [9.17, 15) is 28.1 Å². The molecule has 1 atom stereocenters. The number of methoxy groups -OCH3 is 1. The Bertz CT molecular complexity index is 871. The molecule has 0 aliphatic carbocycles. The molecule has 10 heteroatoms. The second kappa shape index (κ2) is 8.59. The molecule has 28 heavy (non-hydrogen) atoms. The molecule has 7 nitrogen and oxygen atoms in total. The number of nitro groups is 1. The third-order valence-electron chi connectivity index (χ3n) is 3.93. The molecule has 0 heterocycles. The van der Waals surface area contributed by atoms with E-state index in [0.717, 1.165) is 17.7 Å². The van der Waals surface area contributed by atoms with Gasteiger partial charge in [-0.25, -0.2) is 0 Å². The summed E-state index contributed by atoms with van der Waals surface area (Å²) in [6.07, 6.45) is -4.71. The van der Waals surface area contributed by atoms with Crippen LogP contribution in [0.15, 0.2) is 42.5 Å². The zero-order valence-corrected chi connectivity index (χ0v) is 15.0. The first-order valence-corrected chi connectivity index (χ1v) is 8.15. The van der Waals surface area contributed by atoms with Gasteiger partial charge in [-0.3, -0.25) is 14.9 Å². The van der Waals surface area contributed by atoms with Gasteiger partial charge in [-0.1, -0.05) is 18.2 Å². The van der Waals surface area contributed by atoms with Gasteiger partial charge in [0.25, 0.3) is 5.69 Å². The lowest BCUT2D eigenvalue weighted by molar-refractivity contribution is -0.384. The Morgan fingerprint density at radius 3 is 2.54 bits per heavy atom. The molecule has 0 aliphatic heterocycles. The number of carbonyl (C=O) groups excluding carboxylic acids is 1. The third kappa shape index (κ3) is 5.12. The van der Waals surface area contributed by atoms with Gasteiger partial charge in [0, 0.05) is 18.2 Å². The molecule has 0 saturated heterocycles. The Morgan fingerprint density at radius 2 is 1.93 bits per heavy atom. The summed E-state index contributed by atoms with van der Waals surface area (Å²) in [5, 5.41) is 16.3. The van der Waals surface area contributed by atoms with Crippen LogP contribution in [0, 0.1) is 10.1 Å². The van der Waals surface area contributed by atoms with E-state index in [2.05, 4.69) is 10.6 Å². The lowest BCUT2D eigenvalue weighted by Crippen LogP contribution is -2.37. The third-order valence-corrected chi connectivity index (χ3v) is 3.93. The van der Waals surface area contributed by atoms with E-state index in [1.807, 2.05) is 0 Å². The number of alkyl halides is 3. The molecule has 2 aromatic carbocycles. The fourth-order valence-electron chi connectivity index (χ4n) is 2.46. The minimum Gasteiger partial charge on any atom is -0.496 e. The molecular formula is C18H18F3N3O4. The summed E-state index contributed by atoms with van der Waals surface area (Å²) in [6.45, 7) is 1.60. The Hall–Kier alpha value is -3.30. The Labute approximate surface area is 158 Å². The highest BCUT2D eigenvalue weighted by molar-refractivity contribution is 5.85. The summed E-state index contributed by atoms with van der Waals surface area (Å²) < 4.78 is 43.5. The van der Waals surface area contributed by atoms with Crippen LogP contribution >= 0.6 is 0 Å². The molecule has 0 saturated carbocycles. The first-order chi connectivity index (χ1) is 13.1. The van der Waals surface area contributed by atoms with Crippen molar-refractivity contribution >= 4 is 17.3 Å². The Kier molecular flexibility index (Phi) is 6.45. The van der Waals surface area contributed by atoms with Gasteiger partial charge in [-0.05, 0) is 25.1 Å². The molecular weight excluding hydrogens is 379 g/mol. The minimum absolute atomic E-state index is 0.157. The fraction of sp³-hybridized carbons (Fsp3) is 0.278. The Morgan fingerprint density at radius 1 is 1.25 bits per heavy atom. The van der Waals surface area contributed by atoms with E-state index >= 15 is 0 Å². The predicted molar refractivity (Wildman–Crippen MR) is 96.0 cm³/mol. The zero-order chi connectivity index (χ0) is 20.9. The van der Waals surface area contributed by atoms with Crippen molar-refractivity contribution in [1.82, 2.24) is 5.32 Å². The number of nitro benzene ring substituents is 1. The molecule has 0 aliphatic rings. The number of nitrogens with zero attached hydrogens (tertiary/aromatic N) is 1. The number of halogens is 3. The molecule has 1 unspecified atom stereocenters. The molecule has 0 fully saturated rings. The number of para-hydroxylation sites is 1. The second-order valence-corrected chi connectivity index (χ2v) is 5.88. The maximum absolute atomic E-state index is 12.8. The van der Waals surface area contributed by atoms with Crippen LogP contribution in [0.5, 0.6) is 5.75 Å².